The van der Waals surface area contributed by atoms with Crippen LogP contribution in [0.3, 0.4) is 0 Å². The standard InChI is InChI=1S/C15H16N2O3/c1-9(14(18)16-10-5-6-10)17-8-7-11-12(15(19)20)3-2-4-13(11)17/h2-4,7-10H,5-6H2,1H3,(H,16,18)(H,19,20). The van der Waals surface area contributed by atoms with Gasteiger partial charge in [0, 0.05) is 23.1 Å². The molecule has 5 heteroatoms. The van der Waals surface area contributed by atoms with E-state index in [1.807, 2.05) is 17.6 Å². The van der Waals surface area contributed by atoms with Crippen molar-refractivity contribution in [3.63, 3.8) is 0 Å². The Balaban J connectivity index is 1.97. The lowest BCUT2D eigenvalue weighted by molar-refractivity contribution is -0.123. The van der Waals surface area contributed by atoms with E-state index in [0.717, 1.165) is 18.4 Å². The number of amides is 1. The molecule has 1 amide bonds. The number of benzene rings is 1. The summed E-state index contributed by atoms with van der Waals surface area (Å²) in [6.07, 6.45) is 3.87. The van der Waals surface area contributed by atoms with Crippen LogP contribution in [0.1, 0.15) is 36.2 Å². The average molecular weight is 272 g/mol. The molecule has 1 atom stereocenters. The summed E-state index contributed by atoms with van der Waals surface area (Å²) < 4.78 is 1.82. The molecule has 3 rings (SSSR count). The van der Waals surface area contributed by atoms with Crippen molar-refractivity contribution >= 4 is 22.8 Å². The van der Waals surface area contributed by atoms with E-state index in [1.54, 1.807) is 24.4 Å². The van der Waals surface area contributed by atoms with Crippen LogP contribution in [-0.2, 0) is 4.79 Å². The first-order valence-electron chi connectivity index (χ1n) is 6.71. The van der Waals surface area contributed by atoms with Gasteiger partial charge in [0.25, 0.3) is 0 Å². The molecule has 0 bridgehead atoms. The van der Waals surface area contributed by atoms with Gasteiger partial charge in [0.2, 0.25) is 5.91 Å². The average Bonchev–Trinajstić information content (AvgIpc) is 3.13. The minimum Gasteiger partial charge on any atom is -0.478 e. The molecular weight excluding hydrogens is 256 g/mol. The molecule has 1 aromatic carbocycles. The molecule has 2 aromatic rings. The fourth-order valence-electron chi connectivity index (χ4n) is 2.39. The Morgan fingerprint density at radius 1 is 1.35 bits per heavy atom. The van der Waals surface area contributed by atoms with E-state index in [4.69, 9.17) is 0 Å². The highest BCUT2D eigenvalue weighted by Crippen LogP contribution is 2.25. The Hall–Kier alpha value is -2.30. The van der Waals surface area contributed by atoms with E-state index in [2.05, 4.69) is 5.32 Å². The minimum atomic E-state index is -0.955. The minimum absolute atomic E-state index is 0.0225. The molecule has 1 unspecified atom stereocenters. The van der Waals surface area contributed by atoms with Crippen molar-refractivity contribution in [3.8, 4) is 0 Å². The number of aromatic nitrogens is 1. The van der Waals surface area contributed by atoms with E-state index >= 15 is 0 Å². The molecule has 1 fully saturated rings. The highest BCUT2D eigenvalue weighted by molar-refractivity contribution is 6.03. The van der Waals surface area contributed by atoms with Crippen LogP contribution in [0, 0.1) is 0 Å². The van der Waals surface area contributed by atoms with Crippen molar-refractivity contribution < 1.29 is 14.7 Å². The van der Waals surface area contributed by atoms with Gasteiger partial charge in [-0.2, -0.15) is 0 Å². The third-order valence-corrected chi connectivity index (χ3v) is 3.71. The lowest BCUT2D eigenvalue weighted by Gasteiger charge is -2.15. The number of carbonyl (C=O) groups is 2. The maximum absolute atomic E-state index is 12.1. The van der Waals surface area contributed by atoms with Crippen LogP contribution in [-0.4, -0.2) is 27.6 Å². The lowest BCUT2D eigenvalue weighted by Crippen LogP contribution is -2.32. The second-order valence-corrected chi connectivity index (χ2v) is 5.23. The van der Waals surface area contributed by atoms with E-state index in [9.17, 15) is 14.7 Å². The summed E-state index contributed by atoms with van der Waals surface area (Å²) in [6, 6.07) is 6.83. The number of carboxylic acid groups (broad SMARTS) is 1. The van der Waals surface area contributed by atoms with Gasteiger partial charge in [0.05, 0.1) is 5.56 Å². The van der Waals surface area contributed by atoms with E-state index in [-0.39, 0.29) is 17.5 Å². The van der Waals surface area contributed by atoms with Gasteiger partial charge in [0.15, 0.2) is 0 Å². The molecule has 20 heavy (non-hydrogen) atoms. The summed E-state index contributed by atoms with van der Waals surface area (Å²) in [7, 11) is 0. The zero-order chi connectivity index (χ0) is 14.3. The fourth-order valence-corrected chi connectivity index (χ4v) is 2.39. The van der Waals surface area contributed by atoms with Crippen molar-refractivity contribution in [1.29, 1.82) is 0 Å². The Morgan fingerprint density at radius 2 is 2.10 bits per heavy atom. The highest BCUT2D eigenvalue weighted by atomic mass is 16.4. The predicted molar refractivity (Wildman–Crippen MR) is 74.8 cm³/mol. The van der Waals surface area contributed by atoms with Gasteiger partial charge >= 0.3 is 5.97 Å². The Kier molecular flexibility index (Phi) is 2.97. The molecule has 0 radical (unpaired) electrons. The second-order valence-electron chi connectivity index (χ2n) is 5.23. The predicted octanol–water partition coefficient (Wildman–Crippen LogP) is 2.18. The number of fused-ring (bicyclic) bond motifs is 1. The van der Waals surface area contributed by atoms with Gasteiger partial charge in [-0.05, 0) is 38.0 Å². The van der Waals surface area contributed by atoms with Gasteiger partial charge < -0.3 is 15.0 Å². The number of aromatic carboxylic acids is 1. The Labute approximate surface area is 116 Å². The third kappa shape index (κ3) is 2.15. The van der Waals surface area contributed by atoms with Crippen molar-refractivity contribution in [3.05, 3.63) is 36.0 Å². The summed E-state index contributed by atoms with van der Waals surface area (Å²) in [5.74, 6) is -0.978. The molecule has 1 aliphatic carbocycles. The molecule has 1 saturated carbocycles. The number of hydrogen-bond acceptors (Lipinski definition) is 2. The van der Waals surface area contributed by atoms with Crippen LogP contribution in [0.4, 0.5) is 0 Å². The molecule has 104 valence electrons. The summed E-state index contributed by atoms with van der Waals surface area (Å²) >= 11 is 0. The summed E-state index contributed by atoms with van der Waals surface area (Å²) in [4.78, 5) is 23.3. The summed E-state index contributed by atoms with van der Waals surface area (Å²) in [5.41, 5.74) is 1.03. The van der Waals surface area contributed by atoms with Gasteiger partial charge in [-0.25, -0.2) is 4.79 Å². The van der Waals surface area contributed by atoms with Crippen molar-refractivity contribution in [2.45, 2.75) is 31.8 Å². The number of nitrogens with one attached hydrogen (secondary N) is 1. The Morgan fingerprint density at radius 3 is 2.75 bits per heavy atom. The van der Waals surface area contributed by atoms with Crippen LogP contribution >= 0.6 is 0 Å². The molecule has 0 spiro atoms. The first-order valence-corrected chi connectivity index (χ1v) is 6.71. The largest absolute Gasteiger partial charge is 0.478 e. The molecule has 2 N–H and O–H groups in total. The number of carboxylic acids is 1. The van der Waals surface area contributed by atoms with Gasteiger partial charge in [-0.3, -0.25) is 4.79 Å². The highest BCUT2D eigenvalue weighted by Gasteiger charge is 2.26. The SMILES string of the molecule is CC(C(=O)NC1CC1)n1ccc2c(C(=O)O)cccc21. The zero-order valence-corrected chi connectivity index (χ0v) is 11.2. The van der Waals surface area contributed by atoms with Crippen LogP contribution < -0.4 is 5.32 Å². The smallest absolute Gasteiger partial charge is 0.336 e. The van der Waals surface area contributed by atoms with Crippen LogP contribution in [0.5, 0.6) is 0 Å². The fraction of sp³-hybridized carbons (Fsp3) is 0.333. The normalized spacial score (nSPS) is 16.1. The topological polar surface area (TPSA) is 71.3 Å². The van der Waals surface area contributed by atoms with Crippen molar-refractivity contribution in [2.75, 3.05) is 0 Å². The van der Waals surface area contributed by atoms with Crippen molar-refractivity contribution in [1.82, 2.24) is 9.88 Å². The maximum atomic E-state index is 12.1. The van der Waals surface area contributed by atoms with Crippen LogP contribution in [0.15, 0.2) is 30.5 Å². The second kappa shape index (κ2) is 4.67. The van der Waals surface area contributed by atoms with Crippen LogP contribution in [0.2, 0.25) is 0 Å². The number of hydrogen-bond donors (Lipinski definition) is 2. The molecule has 5 nitrogen and oxygen atoms in total. The van der Waals surface area contributed by atoms with Gasteiger partial charge in [0.1, 0.15) is 6.04 Å². The number of carbonyl (C=O) groups excluding carboxylic acids is 1. The molecular formula is C15H16N2O3. The zero-order valence-electron chi connectivity index (χ0n) is 11.2. The van der Waals surface area contributed by atoms with E-state index < -0.39 is 5.97 Å². The quantitative estimate of drug-likeness (QED) is 0.896. The molecule has 0 saturated heterocycles. The molecule has 1 heterocycles. The first kappa shape index (κ1) is 12.7. The van der Waals surface area contributed by atoms with E-state index in [0.29, 0.717) is 11.4 Å². The van der Waals surface area contributed by atoms with E-state index in [1.165, 1.54) is 0 Å². The summed E-state index contributed by atoms with van der Waals surface area (Å²) in [6.45, 7) is 1.82. The monoisotopic (exact) mass is 272 g/mol. The maximum Gasteiger partial charge on any atom is 0.336 e. The van der Waals surface area contributed by atoms with Gasteiger partial charge in [-0.1, -0.05) is 6.07 Å². The molecule has 1 aromatic heterocycles. The summed E-state index contributed by atoms with van der Waals surface area (Å²) in [5, 5.41) is 12.8. The molecule has 1 aliphatic rings. The number of nitrogens with zero attached hydrogens (tertiary/aromatic N) is 1. The van der Waals surface area contributed by atoms with Gasteiger partial charge in [-0.15, -0.1) is 0 Å². The van der Waals surface area contributed by atoms with Crippen molar-refractivity contribution in [2.24, 2.45) is 0 Å². The first-order chi connectivity index (χ1) is 9.58. The van der Waals surface area contributed by atoms with Crippen LogP contribution in [0.25, 0.3) is 10.9 Å². The Bertz CT molecular complexity index is 685. The number of rotatable bonds is 4. The lowest BCUT2D eigenvalue weighted by atomic mass is 10.1. The third-order valence-electron chi connectivity index (χ3n) is 3.71. The molecule has 0 aliphatic heterocycles.